The smallest absolute Gasteiger partial charge is 0.658 e. The second-order valence-corrected chi connectivity index (χ2v) is 10.1. The van der Waals surface area contributed by atoms with E-state index in [4.69, 9.17) is 5.11 Å². The molecule has 0 saturated carbocycles. The predicted molar refractivity (Wildman–Crippen MR) is 198 cm³/mol. The number of benzene rings is 6. The average Bonchev–Trinajstić information content (AvgIpc) is 3.12. The van der Waals surface area contributed by atoms with Gasteiger partial charge in [0.15, 0.2) is 0 Å². The van der Waals surface area contributed by atoms with Crippen molar-refractivity contribution in [2.24, 2.45) is 0 Å². The maximum atomic E-state index is 8.29. The number of aliphatic hydroxyl groups is 1. The van der Waals surface area contributed by atoms with Crippen LogP contribution in [0.1, 0.15) is 32.6 Å². The van der Waals surface area contributed by atoms with Crippen LogP contribution in [0.2, 0.25) is 0 Å². The molecule has 237 valence electrons. The van der Waals surface area contributed by atoms with Gasteiger partial charge < -0.3 is 21.1 Å². The Morgan fingerprint density at radius 2 is 0.553 bits per heavy atom. The Morgan fingerprint density at radius 3 is 0.723 bits per heavy atom. The molecule has 0 aliphatic heterocycles. The van der Waals surface area contributed by atoms with Crippen molar-refractivity contribution in [3.63, 3.8) is 0 Å². The van der Waals surface area contributed by atoms with Crippen molar-refractivity contribution in [2.75, 3.05) is 6.61 Å². The van der Waals surface area contributed by atoms with E-state index >= 15 is 0 Å². The van der Waals surface area contributed by atoms with Crippen LogP contribution in [0.3, 0.4) is 0 Å². The molecule has 0 spiro atoms. The van der Waals surface area contributed by atoms with E-state index in [1.807, 2.05) is 182 Å². The molecule has 6 rings (SSSR count). The summed E-state index contributed by atoms with van der Waals surface area (Å²) in [5, 5.41) is 21.6. The molecular weight excluding hydrogens is 610 g/mol. The van der Waals surface area contributed by atoms with Gasteiger partial charge in [-0.3, -0.25) is 0 Å². The third kappa shape index (κ3) is 18.2. The molecule has 0 amide bonds. The molecule has 0 aromatic heterocycles. The maximum absolute atomic E-state index is 8.29. The van der Waals surface area contributed by atoms with Crippen LogP contribution in [0.25, 0.3) is 16.0 Å². The normalized spacial score (nSPS) is 9.32. The van der Waals surface area contributed by atoms with Crippen molar-refractivity contribution in [2.45, 2.75) is 32.6 Å². The van der Waals surface area contributed by atoms with Gasteiger partial charge in [-0.05, 0) is 6.42 Å². The van der Waals surface area contributed by atoms with Gasteiger partial charge in [-0.1, -0.05) is 208 Å². The zero-order chi connectivity index (χ0) is 32.3. The standard InChI is InChI=1S/3C12H10N.C6H14O.Ti/c3*1-3-7-11(8-4-1)13-12-9-5-2-6-10-12;1-2-3-4-5-6-7;/h3*1-10H;7H,2-6H2,1H3;/q3*-1;;+3. The third-order valence-corrected chi connectivity index (χ3v) is 6.32. The Bertz CT molecular complexity index is 1220. The van der Waals surface area contributed by atoms with E-state index < -0.39 is 0 Å². The van der Waals surface area contributed by atoms with Crippen molar-refractivity contribution in [1.82, 2.24) is 0 Å². The van der Waals surface area contributed by atoms with Crippen molar-refractivity contribution < 1.29 is 26.8 Å². The van der Waals surface area contributed by atoms with E-state index in [1.165, 1.54) is 19.3 Å². The molecule has 6 aromatic rings. The average molecular weight is 655 g/mol. The molecule has 0 fully saturated rings. The summed E-state index contributed by atoms with van der Waals surface area (Å²) < 4.78 is 0. The van der Waals surface area contributed by atoms with E-state index in [2.05, 4.69) is 22.9 Å². The molecular formula is C42H44N3OTi. The number of hydrogen-bond acceptors (Lipinski definition) is 1. The van der Waals surface area contributed by atoms with Crippen molar-refractivity contribution >= 4 is 34.1 Å². The molecule has 5 heteroatoms. The Balaban J connectivity index is 0.000000222. The van der Waals surface area contributed by atoms with Crippen LogP contribution in [0, 0.1) is 0 Å². The maximum Gasteiger partial charge on any atom is 3.00 e. The minimum absolute atomic E-state index is 0. The monoisotopic (exact) mass is 654 g/mol. The van der Waals surface area contributed by atoms with Crippen molar-refractivity contribution in [3.8, 4) is 0 Å². The predicted octanol–water partition coefficient (Wildman–Crippen LogP) is 13.6. The molecule has 47 heavy (non-hydrogen) atoms. The molecule has 0 saturated heterocycles. The summed E-state index contributed by atoms with van der Waals surface area (Å²) in [6.45, 7) is 2.53. The van der Waals surface area contributed by atoms with Crippen LogP contribution < -0.4 is 0 Å². The summed E-state index contributed by atoms with van der Waals surface area (Å²) in [5.74, 6) is 0. The van der Waals surface area contributed by atoms with Gasteiger partial charge in [0.2, 0.25) is 0 Å². The van der Waals surface area contributed by atoms with Crippen LogP contribution in [0.15, 0.2) is 182 Å². The van der Waals surface area contributed by atoms with E-state index in [1.54, 1.807) is 0 Å². The van der Waals surface area contributed by atoms with Gasteiger partial charge in [0.1, 0.15) is 0 Å². The fourth-order valence-electron chi connectivity index (χ4n) is 4.00. The Labute approximate surface area is 296 Å². The molecule has 0 atom stereocenters. The largest absolute Gasteiger partial charge is 3.00 e. The van der Waals surface area contributed by atoms with Crippen LogP contribution in [0.4, 0.5) is 34.1 Å². The first-order valence-electron chi connectivity index (χ1n) is 15.8. The van der Waals surface area contributed by atoms with E-state index in [0.29, 0.717) is 6.61 Å². The SMILES string of the molecule is CCCCCCO.[Ti+3].c1ccc([N-]c2ccccc2)cc1.c1ccc([N-]c2ccccc2)cc1.c1ccc([N-]c2ccccc2)cc1. The first kappa shape index (κ1) is 38.6. The summed E-state index contributed by atoms with van der Waals surface area (Å²) in [6, 6.07) is 59.7. The number of para-hydroxylation sites is 6. The Hall–Kier alpha value is -4.61. The Kier molecular flexibility index (Phi) is 21.0. The van der Waals surface area contributed by atoms with Gasteiger partial charge in [-0.15, -0.1) is 34.1 Å². The quantitative estimate of drug-likeness (QED) is 0.116. The fraction of sp³-hybridized carbons (Fsp3) is 0.143. The summed E-state index contributed by atoms with van der Waals surface area (Å²) in [6.07, 6.45) is 4.68. The van der Waals surface area contributed by atoms with Gasteiger partial charge in [0.05, 0.1) is 0 Å². The summed E-state index contributed by atoms with van der Waals surface area (Å²) in [5.41, 5.74) is 5.97. The van der Waals surface area contributed by atoms with Crippen LogP contribution >= 0.6 is 0 Å². The molecule has 1 N–H and O–H groups in total. The van der Waals surface area contributed by atoms with Gasteiger partial charge >= 0.3 is 21.7 Å². The number of unbranched alkanes of at least 4 members (excludes halogenated alkanes) is 3. The van der Waals surface area contributed by atoms with E-state index in [-0.39, 0.29) is 21.7 Å². The molecule has 0 aliphatic rings. The van der Waals surface area contributed by atoms with Gasteiger partial charge in [-0.2, -0.15) is 0 Å². The number of nitrogens with zero attached hydrogens (tertiary/aromatic N) is 3. The van der Waals surface area contributed by atoms with E-state index in [0.717, 1.165) is 40.5 Å². The van der Waals surface area contributed by atoms with Crippen LogP contribution in [-0.2, 0) is 21.7 Å². The molecule has 6 aromatic carbocycles. The number of hydrogen-bond donors (Lipinski definition) is 1. The number of rotatable bonds is 10. The van der Waals surface area contributed by atoms with Gasteiger partial charge in [0, 0.05) is 6.61 Å². The van der Waals surface area contributed by atoms with Crippen molar-refractivity contribution in [1.29, 1.82) is 0 Å². The summed E-state index contributed by atoms with van der Waals surface area (Å²) >= 11 is 0. The zero-order valence-electron chi connectivity index (χ0n) is 27.1. The first-order valence-corrected chi connectivity index (χ1v) is 15.8. The number of aliphatic hydroxyl groups excluding tert-OH is 1. The first-order chi connectivity index (χ1) is 22.8. The van der Waals surface area contributed by atoms with Gasteiger partial charge in [0.25, 0.3) is 0 Å². The molecule has 4 nitrogen and oxygen atoms in total. The molecule has 0 aliphatic carbocycles. The minimum atomic E-state index is 0. The molecule has 0 unspecified atom stereocenters. The van der Waals surface area contributed by atoms with Crippen molar-refractivity contribution in [3.05, 3.63) is 198 Å². The van der Waals surface area contributed by atoms with Gasteiger partial charge in [-0.25, -0.2) is 0 Å². The second-order valence-electron chi connectivity index (χ2n) is 10.1. The molecule has 0 bridgehead atoms. The topological polar surface area (TPSA) is 62.5 Å². The minimum Gasteiger partial charge on any atom is -0.658 e. The van der Waals surface area contributed by atoms with E-state index in [9.17, 15) is 0 Å². The van der Waals surface area contributed by atoms with Crippen LogP contribution in [0.5, 0.6) is 0 Å². The Morgan fingerprint density at radius 1 is 0.340 bits per heavy atom. The fourth-order valence-corrected chi connectivity index (χ4v) is 4.00. The second kappa shape index (κ2) is 25.6. The summed E-state index contributed by atoms with van der Waals surface area (Å²) in [4.78, 5) is 0. The summed E-state index contributed by atoms with van der Waals surface area (Å²) in [7, 11) is 0. The van der Waals surface area contributed by atoms with Crippen LogP contribution in [-0.4, -0.2) is 11.7 Å². The molecule has 0 heterocycles. The third-order valence-electron chi connectivity index (χ3n) is 6.32. The zero-order valence-corrected chi connectivity index (χ0v) is 28.7. The molecule has 1 radical (unpaired) electrons.